The predicted molar refractivity (Wildman–Crippen MR) is 234 cm³/mol. The molecule has 6 atom stereocenters. The predicted octanol–water partition coefficient (Wildman–Crippen LogP) is 11.9. The summed E-state index contributed by atoms with van der Waals surface area (Å²) in [6.45, 7) is 54.1. The first-order valence-electron chi connectivity index (χ1n) is 20.2. The third-order valence-corrected chi connectivity index (χ3v) is 30.7. The highest BCUT2D eigenvalue weighted by molar-refractivity contribution is 6.75. The van der Waals surface area contributed by atoms with E-state index in [0.29, 0.717) is 12.8 Å². The van der Waals surface area contributed by atoms with Crippen LogP contribution in [0.4, 0.5) is 4.79 Å². The van der Waals surface area contributed by atoms with E-state index < -0.39 is 81.3 Å². The molecule has 0 aromatic heterocycles. The fraction of sp³-hybridized carbons (Fsp3) is 0.927. The van der Waals surface area contributed by atoms with Crippen LogP contribution in [0.2, 0.25) is 72.5 Å². The summed E-state index contributed by atoms with van der Waals surface area (Å²) in [7, 11) is -9.75. The van der Waals surface area contributed by atoms with Crippen LogP contribution in [0.5, 0.6) is 0 Å². The van der Waals surface area contributed by atoms with Crippen molar-refractivity contribution in [2.45, 2.75) is 238 Å². The van der Waals surface area contributed by atoms with Gasteiger partial charge in [0, 0.05) is 6.42 Å². The topological polar surface area (TPSA) is 102 Å². The summed E-state index contributed by atoms with van der Waals surface area (Å²) in [5, 5.41) is 12.7. The maximum absolute atomic E-state index is 13.1. The minimum absolute atomic E-state index is 0.0351. The molecule has 0 radical (unpaired) electrons. The molecule has 0 aliphatic carbocycles. The molecule has 13 heteroatoms. The molecule has 1 heterocycles. The quantitative estimate of drug-likeness (QED) is 0.0981. The van der Waals surface area contributed by atoms with Crippen LogP contribution >= 0.6 is 0 Å². The van der Waals surface area contributed by atoms with Gasteiger partial charge in [0.2, 0.25) is 0 Å². The van der Waals surface area contributed by atoms with E-state index in [2.05, 4.69) is 142 Å². The Hall–Kier alpha value is -0.362. The molecule has 1 fully saturated rings. The Morgan fingerprint density at radius 1 is 0.704 bits per heavy atom. The molecule has 320 valence electrons. The first kappa shape index (κ1) is 51.7. The van der Waals surface area contributed by atoms with Crippen LogP contribution < -0.4 is 0 Å². The van der Waals surface area contributed by atoms with E-state index in [9.17, 15) is 9.90 Å². The highest BCUT2D eigenvalue weighted by Gasteiger charge is 2.61. The van der Waals surface area contributed by atoms with Crippen LogP contribution in [-0.2, 0) is 31.9 Å². The van der Waals surface area contributed by atoms with Gasteiger partial charge in [0.15, 0.2) is 39.1 Å². The lowest BCUT2D eigenvalue weighted by atomic mass is 9.89. The summed E-state index contributed by atoms with van der Waals surface area (Å²) in [6.07, 6.45) is -1.41. The molecule has 1 rings (SSSR count). The van der Waals surface area contributed by atoms with E-state index in [1.54, 1.807) is 26.8 Å². The van der Waals surface area contributed by atoms with Gasteiger partial charge in [-0.15, -0.1) is 0 Å². The van der Waals surface area contributed by atoms with Crippen LogP contribution in [-0.4, -0.2) is 93.0 Å². The number of rotatable bonds is 15. The third kappa shape index (κ3) is 13.9. The van der Waals surface area contributed by atoms with Crippen molar-refractivity contribution >= 4 is 39.4 Å². The highest BCUT2D eigenvalue weighted by Crippen LogP contribution is 2.49. The first-order chi connectivity index (χ1) is 23.6. The van der Waals surface area contributed by atoms with E-state index in [1.807, 2.05) is 0 Å². The third-order valence-electron chi connectivity index (χ3n) is 12.8. The second kappa shape index (κ2) is 17.5. The number of carbonyl (C=O) groups is 1. The van der Waals surface area contributed by atoms with Gasteiger partial charge < -0.3 is 37.0 Å². The van der Waals surface area contributed by atoms with Gasteiger partial charge >= 0.3 is 6.16 Å². The lowest BCUT2D eigenvalue weighted by molar-refractivity contribution is -0.343. The fourth-order valence-corrected chi connectivity index (χ4v) is 9.94. The van der Waals surface area contributed by atoms with E-state index >= 15 is 0 Å². The number of ether oxygens (including phenoxy) is 3. The summed E-state index contributed by atoms with van der Waals surface area (Å²) in [5.41, 5.74) is -0.689. The van der Waals surface area contributed by atoms with E-state index in [4.69, 9.17) is 31.9 Å². The molecule has 0 aromatic rings. The average molecular weight is 835 g/mol. The van der Waals surface area contributed by atoms with Gasteiger partial charge in [-0.3, -0.25) is 0 Å². The molecule has 9 nitrogen and oxygen atoms in total. The zero-order chi connectivity index (χ0) is 42.9. The molecule has 0 bridgehead atoms. The second-order valence-electron chi connectivity index (χ2n) is 22.8. The minimum atomic E-state index is -2.55. The van der Waals surface area contributed by atoms with Gasteiger partial charge in [-0.1, -0.05) is 95.7 Å². The summed E-state index contributed by atoms with van der Waals surface area (Å²) in [4.78, 5) is 12.6. The van der Waals surface area contributed by atoms with E-state index in [1.165, 1.54) is 0 Å². The van der Waals surface area contributed by atoms with Crippen LogP contribution in [0.25, 0.3) is 0 Å². The summed E-state index contributed by atoms with van der Waals surface area (Å²) in [5.74, 6) is -1.77. The van der Waals surface area contributed by atoms with Gasteiger partial charge in [0.25, 0.3) is 0 Å². The smallest absolute Gasteiger partial charge is 0.429 e. The number of aliphatic hydroxyl groups is 1. The largest absolute Gasteiger partial charge is 0.509 e. The van der Waals surface area contributed by atoms with Crippen molar-refractivity contribution in [2.24, 2.45) is 0 Å². The number of carbonyl (C=O) groups excluding carboxylic acids is 1. The lowest BCUT2D eigenvalue weighted by Gasteiger charge is -2.57. The van der Waals surface area contributed by atoms with Gasteiger partial charge in [-0.25, -0.2) is 4.79 Å². The minimum Gasteiger partial charge on any atom is -0.429 e. The maximum atomic E-state index is 13.1. The van der Waals surface area contributed by atoms with Crippen LogP contribution in [0.3, 0.4) is 0 Å². The molecule has 0 aromatic carbocycles. The molecule has 1 N–H and O–H groups in total. The van der Waals surface area contributed by atoms with Gasteiger partial charge in [-0.2, -0.15) is 0 Å². The van der Waals surface area contributed by atoms with Crippen molar-refractivity contribution in [3.05, 3.63) is 12.7 Å². The molecule has 1 aliphatic rings. The zero-order valence-electron chi connectivity index (χ0n) is 39.2. The van der Waals surface area contributed by atoms with Crippen molar-refractivity contribution in [3.63, 3.8) is 0 Å². The second-order valence-corrected chi connectivity index (χ2v) is 41.9. The first-order valence-corrected chi connectivity index (χ1v) is 31.9. The van der Waals surface area contributed by atoms with Crippen LogP contribution in [0, 0.1) is 0 Å². The Morgan fingerprint density at radius 2 is 1.11 bits per heavy atom. The van der Waals surface area contributed by atoms with Crippen molar-refractivity contribution in [1.29, 1.82) is 0 Å². The summed E-state index contributed by atoms with van der Waals surface area (Å²) >= 11 is 0. The van der Waals surface area contributed by atoms with E-state index in [-0.39, 0.29) is 33.2 Å². The normalized spacial score (nSPS) is 25.0. The Morgan fingerprint density at radius 3 is 1.50 bits per heavy atom. The lowest BCUT2D eigenvalue weighted by Crippen LogP contribution is -2.72. The van der Waals surface area contributed by atoms with Crippen LogP contribution in [0.1, 0.15) is 123 Å². The van der Waals surface area contributed by atoms with Gasteiger partial charge in [0.1, 0.15) is 36.1 Å². The molecule has 1 aliphatic heterocycles. The SMILES string of the molecule is C=CC(CCCC1(O)O[C@@H](CO[Si](C)(C)C(C)(C)C)[C@H](O[Si](C)(C)C(C)(C)C)[C@@H](O[Si](C)(C)C(C)(C)C)[C@@H]1O[Si](C)(C)C(C)(C)C)OC(=O)OC(C)(C)C. The molecular formula is C41H86O9Si4. The summed E-state index contributed by atoms with van der Waals surface area (Å²) in [6, 6.07) is 0. The maximum Gasteiger partial charge on any atom is 0.509 e. The standard InChI is InChI=1S/C41H86O9Si4/c1-25-30(45-35(42)47-36(2,3)4)27-26-28-41(43)34(50-54(23,24)40(14,15)16)33(49-53(21,22)39(11,12)13)32(48-52(19,20)38(8,9)10)31(46-41)29-44-51(17,18)37(5,6)7/h25,30-34,43H,1,26-29H2,2-24H3/t30?,31-,32-,33+,34-,41?/m0/s1. The molecule has 0 amide bonds. The van der Waals surface area contributed by atoms with Crippen molar-refractivity contribution < 1.29 is 41.8 Å². The Labute approximate surface area is 336 Å². The van der Waals surface area contributed by atoms with Crippen molar-refractivity contribution in [3.8, 4) is 0 Å². The van der Waals surface area contributed by atoms with Crippen molar-refractivity contribution in [2.75, 3.05) is 6.61 Å². The summed E-state index contributed by atoms with van der Waals surface area (Å²) < 4.78 is 47.3. The Balaban J connectivity index is 4.03. The fourth-order valence-electron chi connectivity index (χ4n) is 5.01. The monoisotopic (exact) mass is 835 g/mol. The molecule has 54 heavy (non-hydrogen) atoms. The molecule has 1 saturated heterocycles. The van der Waals surface area contributed by atoms with E-state index in [0.717, 1.165) is 0 Å². The number of hydrogen-bond donors (Lipinski definition) is 1. The Kier molecular flexibility index (Phi) is 16.7. The Bertz CT molecular complexity index is 1230. The molecular weight excluding hydrogens is 749 g/mol. The number of hydrogen-bond acceptors (Lipinski definition) is 9. The highest BCUT2D eigenvalue weighted by atomic mass is 28.4. The molecule has 0 spiro atoms. The average Bonchev–Trinajstić information content (AvgIpc) is 2.91. The van der Waals surface area contributed by atoms with Crippen molar-refractivity contribution in [1.82, 2.24) is 0 Å². The van der Waals surface area contributed by atoms with Gasteiger partial charge in [-0.05, 0) is 106 Å². The molecule has 2 unspecified atom stereocenters. The molecule has 0 saturated carbocycles. The van der Waals surface area contributed by atoms with Gasteiger partial charge in [0.05, 0.1) is 6.61 Å². The van der Waals surface area contributed by atoms with Crippen LogP contribution in [0.15, 0.2) is 12.7 Å². The zero-order valence-corrected chi connectivity index (χ0v) is 43.2.